The van der Waals surface area contributed by atoms with Crippen LogP contribution in [0.3, 0.4) is 0 Å². The second-order valence-corrected chi connectivity index (χ2v) is 12.5. The predicted octanol–water partition coefficient (Wildman–Crippen LogP) is 4.68. The number of rotatable bonds is 12. The molecule has 0 unspecified atom stereocenters. The van der Waals surface area contributed by atoms with Crippen LogP contribution in [-0.2, 0) is 9.13 Å². The average Bonchev–Trinajstić information content (AvgIpc) is 2.51. The van der Waals surface area contributed by atoms with Crippen LogP contribution < -0.4 is 0 Å². The zero-order valence-corrected chi connectivity index (χ0v) is 32.3. The van der Waals surface area contributed by atoms with E-state index in [2.05, 4.69) is 12.2 Å². The molecule has 0 aromatic rings. The third kappa shape index (κ3) is 19.0. The fourth-order valence-electron chi connectivity index (χ4n) is 2.79. The molecule has 172 valence electrons. The summed E-state index contributed by atoms with van der Waals surface area (Å²) in [4.78, 5) is 37.3. The first-order valence-corrected chi connectivity index (χ1v) is 13.0. The van der Waals surface area contributed by atoms with Gasteiger partial charge in [-0.2, -0.15) is 0 Å². The standard InChI is InChI=1S/C21H38O6P2.4Na/c1-17(2)9-7-11-19(5)13-15-21(28(22,23)24,29(25,26)27)16-14-20(6)12-8-10-18(3)4;;;;/h9-10,13-14H,7-8,11-12,15-16H2,1-6H3,(H2,22,23,24)(H2,25,26,27);;;;/b19-13+,20-14+;;;;. The van der Waals surface area contributed by atoms with Crippen molar-refractivity contribution < 1.29 is 28.7 Å². The first-order chi connectivity index (χ1) is 13.1. The molecule has 4 radical (unpaired) electrons. The minimum absolute atomic E-state index is 0. The molecule has 0 aliphatic carbocycles. The largest absolute Gasteiger partial charge is 0.344 e. The van der Waals surface area contributed by atoms with Gasteiger partial charge in [0.05, 0.1) is 0 Å². The zero-order chi connectivity index (χ0) is 22.9. The summed E-state index contributed by atoms with van der Waals surface area (Å²) in [6.45, 7) is 11.6. The summed E-state index contributed by atoms with van der Waals surface area (Å²) in [6, 6.07) is 0. The Morgan fingerprint density at radius 2 is 0.879 bits per heavy atom. The predicted molar refractivity (Wildman–Crippen MR) is 144 cm³/mol. The van der Waals surface area contributed by atoms with Crippen molar-refractivity contribution in [2.24, 2.45) is 0 Å². The van der Waals surface area contributed by atoms with Crippen molar-refractivity contribution in [2.45, 2.75) is 85.0 Å². The summed E-state index contributed by atoms with van der Waals surface area (Å²) in [6.07, 6.45) is 9.35. The molecule has 12 heteroatoms. The third-order valence-corrected chi connectivity index (χ3v) is 9.28. The molecule has 0 fully saturated rings. The van der Waals surface area contributed by atoms with E-state index in [1.165, 1.54) is 11.1 Å². The maximum atomic E-state index is 12.3. The van der Waals surface area contributed by atoms with Gasteiger partial charge in [0.15, 0.2) is 4.90 Å². The quantitative estimate of drug-likeness (QED) is 0.162. The van der Waals surface area contributed by atoms with Gasteiger partial charge in [0, 0.05) is 118 Å². The number of hydrogen-bond donors (Lipinski definition) is 4. The van der Waals surface area contributed by atoms with E-state index in [9.17, 15) is 28.7 Å². The van der Waals surface area contributed by atoms with Crippen LogP contribution >= 0.6 is 15.2 Å². The van der Waals surface area contributed by atoms with Crippen LogP contribution in [0.5, 0.6) is 0 Å². The summed E-state index contributed by atoms with van der Waals surface area (Å²) >= 11 is 0. The molecular formula is C21H38Na4O6P2. The normalized spacial score (nSPS) is 12.3. The van der Waals surface area contributed by atoms with Crippen molar-refractivity contribution >= 4 is 133 Å². The molecule has 4 N–H and O–H groups in total. The zero-order valence-electron chi connectivity index (χ0n) is 22.6. The fourth-order valence-corrected chi connectivity index (χ4v) is 5.46. The van der Waals surface area contributed by atoms with Crippen molar-refractivity contribution in [3.8, 4) is 0 Å². The smallest absolute Gasteiger partial charge is 0.324 e. The van der Waals surface area contributed by atoms with Gasteiger partial charge in [0.2, 0.25) is 0 Å². The van der Waals surface area contributed by atoms with Gasteiger partial charge in [-0.25, -0.2) is 0 Å². The molecule has 0 rings (SSSR count). The van der Waals surface area contributed by atoms with Gasteiger partial charge in [0.1, 0.15) is 0 Å². The van der Waals surface area contributed by atoms with Crippen LogP contribution in [0.25, 0.3) is 0 Å². The van der Waals surface area contributed by atoms with E-state index in [4.69, 9.17) is 0 Å². The Labute approximate surface area is 289 Å². The monoisotopic (exact) mass is 540 g/mol. The second-order valence-electron chi connectivity index (χ2n) is 8.22. The molecule has 0 bridgehead atoms. The van der Waals surface area contributed by atoms with E-state index in [-0.39, 0.29) is 131 Å². The van der Waals surface area contributed by atoms with Crippen LogP contribution in [-0.4, -0.2) is 143 Å². The number of allylic oxidation sites excluding steroid dienone is 8. The summed E-state index contributed by atoms with van der Waals surface area (Å²) in [7, 11) is -10.2. The molecule has 0 aromatic carbocycles. The fraction of sp³-hybridized carbons (Fsp3) is 0.619. The Hall–Kier alpha value is 3.26. The Morgan fingerprint density at radius 1 is 0.606 bits per heavy atom. The topological polar surface area (TPSA) is 115 Å². The van der Waals surface area contributed by atoms with Crippen molar-refractivity contribution in [1.82, 2.24) is 0 Å². The maximum absolute atomic E-state index is 12.3. The van der Waals surface area contributed by atoms with Crippen molar-refractivity contribution in [2.75, 3.05) is 0 Å². The van der Waals surface area contributed by atoms with Crippen molar-refractivity contribution in [3.05, 3.63) is 46.6 Å². The molecule has 0 amide bonds. The first kappa shape index (κ1) is 46.1. The van der Waals surface area contributed by atoms with Gasteiger partial charge in [-0.15, -0.1) is 0 Å². The minimum Gasteiger partial charge on any atom is -0.324 e. The van der Waals surface area contributed by atoms with Crippen LogP contribution in [0, 0.1) is 0 Å². The summed E-state index contributed by atoms with van der Waals surface area (Å²) in [5, 5.41) is 0. The van der Waals surface area contributed by atoms with E-state index in [0.717, 1.165) is 24.0 Å². The van der Waals surface area contributed by atoms with E-state index in [1.807, 2.05) is 41.5 Å². The van der Waals surface area contributed by atoms with Crippen LogP contribution in [0.2, 0.25) is 0 Å². The number of hydrogen-bond acceptors (Lipinski definition) is 2. The van der Waals surface area contributed by atoms with Gasteiger partial charge < -0.3 is 19.6 Å². The Morgan fingerprint density at radius 3 is 1.09 bits per heavy atom. The molecular weight excluding hydrogens is 502 g/mol. The van der Waals surface area contributed by atoms with E-state index in [0.29, 0.717) is 12.8 Å². The van der Waals surface area contributed by atoms with Crippen LogP contribution in [0.1, 0.15) is 80.1 Å². The van der Waals surface area contributed by atoms with E-state index in [1.54, 1.807) is 12.2 Å². The van der Waals surface area contributed by atoms with Crippen molar-refractivity contribution in [1.29, 1.82) is 0 Å². The summed E-state index contributed by atoms with van der Waals surface area (Å²) in [5.41, 5.74) is 4.04. The third-order valence-electron chi connectivity index (χ3n) is 4.82. The minimum atomic E-state index is -5.10. The molecule has 0 aliphatic rings. The molecule has 0 aromatic heterocycles. The first-order valence-electron chi connectivity index (χ1n) is 9.81. The van der Waals surface area contributed by atoms with Crippen LogP contribution in [0.4, 0.5) is 0 Å². The summed E-state index contributed by atoms with van der Waals surface area (Å²) < 4.78 is 24.5. The second kappa shape index (κ2) is 22.1. The van der Waals surface area contributed by atoms with Crippen molar-refractivity contribution in [3.63, 3.8) is 0 Å². The van der Waals surface area contributed by atoms with Gasteiger partial charge in [0.25, 0.3) is 0 Å². The van der Waals surface area contributed by atoms with Gasteiger partial charge in [-0.1, -0.05) is 46.6 Å². The van der Waals surface area contributed by atoms with Crippen LogP contribution in [0.15, 0.2) is 46.6 Å². The van der Waals surface area contributed by atoms with E-state index < -0.39 is 20.1 Å². The maximum Gasteiger partial charge on any atom is 0.344 e. The summed E-state index contributed by atoms with van der Waals surface area (Å²) in [5.74, 6) is 0. The van der Waals surface area contributed by atoms with Gasteiger partial charge in [-0.05, 0) is 80.1 Å². The molecule has 6 nitrogen and oxygen atoms in total. The average molecular weight is 540 g/mol. The van der Waals surface area contributed by atoms with Gasteiger partial charge in [-0.3, -0.25) is 9.13 Å². The molecule has 0 heterocycles. The Kier molecular flexibility index (Phi) is 30.9. The van der Waals surface area contributed by atoms with Gasteiger partial charge >= 0.3 is 15.2 Å². The Bertz CT molecular complexity index is 695. The molecule has 0 saturated heterocycles. The van der Waals surface area contributed by atoms with E-state index >= 15 is 0 Å². The SMILES string of the molecule is CC(C)=CCC/C(C)=C/CC(C/C=C(\C)CCC=C(C)C)(P(=O)(O)O)P(=O)(O)O.[Na].[Na].[Na].[Na]. The Balaban J connectivity index is -0.000000653. The molecule has 0 spiro atoms. The molecule has 33 heavy (non-hydrogen) atoms. The molecule has 0 atom stereocenters. The molecule has 0 saturated carbocycles. The molecule has 0 aliphatic heterocycles.